The topological polar surface area (TPSA) is 59.0 Å². The smallest absolute Gasteiger partial charge is 0.337 e. The van der Waals surface area contributed by atoms with Crippen molar-refractivity contribution in [2.75, 3.05) is 12.0 Å². The average molecular weight is 382 g/mol. The van der Waals surface area contributed by atoms with E-state index in [0.717, 1.165) is 11.1 Å². The van der Waals surface area contributed by atoms with Gasteiger partial charge in [-0.2, -0.15) is 0 Å². The first-order valence-electron chi connectivity index (χ1n) is 9.11. The molecule has 0 fully saturated rings. The number of aliphatic imine (C=N–C) groups is 1. The highest BCUT2D eigenvalue weighted by atomic mass is 16.5. The van der Waals surface area contributed by atoms with E-state index < -0.39 is 5.97 Å². The lowest BCUT2D eigenvalue weighted by Crippen LogP contribution is -2.32. The third-order valence-corrected chi connectivity index (χ3v) is 4.54. The number of ether oxygens (including phenoxy) is 1. The average Bonchev–Trinajstić information content (AvgIpc) is 3.10. The van der Waals surface area contributed by atoms with Gasteiger partial charge in [0.25, 0.3) is 5.91 Å². The Kier molecular flexibility index (Phi) is 5.03. The first kappa shape index (κ1) is 18.4. The summed E-state index contributed by atoms with van der Waals surface area (Å²) >= 11 is 0. The Bertz CT molecular complexity index is 1100. The van der Waals surface area contributed by atoms with Crippen LogP contribution in [0, 0.1) is 0 Å². The Hall–Kier alpha value is -3.99. The van der Waals surface area contributed by atoms with Crippen LogP contribution < -0.4 is 4.90 Å². The van der Waals surface area contributed by atoms with E-state index in [2.05, 4.69) is 4.99 Å². The lowest BCUT2D eigenvalue weighted by molar-refractivity contribution is -0.113. The molecule has 5 heteroatoms. The zero-order valence-electron chi connectivity index (χ0n) is 15.8. The fraction of sp³-hybridized carbons (Fsp3) is 0.0417. The van der Waals surface area contributed by atoms with E-state index in [0.29, 0.717) is 22.8 Å². The number of amides is 1. The Morgan fingerprint density at radius 3 is 2.14 bits per heavy atom. The summed E-state index contributed by atoms with van der Waals surface area (Å²) in [5, 5.41) is 0. The van der Waals surface area contributed by atoms with Gasteiger partial charge in [0.1, 0.15) is 11.5 Å². The molecule has 1 aliphatic rings. The van der Waals surface area contributed by atoms with Gasteiger partial charge >= 0.3 is 5.97 Å². The van der Waals surface area contributed by atoms with Gasteiger partial charge in [-0.15, -0.1) is 0 Å². The van der Waals surface area contributed by atoms with Gasteiger partial charge in [-0.25, -0.2) is 9.79 Å². The highest BCUT2D eigenvalue weighted by molar-refractivity contribution is 6.33. The fourth-order valence-electron chi connectivity index (χ4n) is 3.11. The standard InChI is InChI=1S/C24H18N2O3/c1-29-24(28)19-12-14-20(15-13-19)26-22(18-10-6-3-7-11-18)25-21(23(26)27)16-17-8-4-2-5-9-17/h2-16H,1H3/b21-16-. The van der Waals surface area contributed by atoms with Crippen LogP contribution >= 0.6 is 0 Å². The zero-order valence-corrected chi connectivity index (χ0v) is 15.8. The minimum Gasteiger partial charge on any atom is -0.465 e. The van der Waals surface area contributed by atoms with Gasteiger partial charge in [-0.3, -0.25) is 9.69 Å². The first-order chi connectivity index (χ1) is 14.2. The van der Waals surface area contributed by atoms with Crippen molar-refractivity contribution in [3.8, 4) is 0 Å². The van der Waals surface area contributed by atoms with Gasteiger partial charge in [0, 0.05) is 5.56 Å². The molecule has 1 amide bonds. The number of amidine groups is 1. The largest absolute Gasteiger partial charge is 0.465 e. The lowest BCUT2D eigenvalue weighted by Gasteiger charge is -2.18. The van der Waals surface area contributed by atoms with Gasteiger partial charge in [0.05, 0.1) is 18.4 Å². The van der Waals surface area contributed by atoms with Gasteiger partial charge in [0.15, 0.2) is 0 Å². The molecule has 3 aromatic carbocycles. The third-order valence-electron chi connectivity index (χ3n) is 4.54. The molecular weight excluding hydrogens is 364 g/mol. The van der Waals surface area contributed by atoms with Crippen molar-refractivity contribution < 1.29 is 14.3 Å². The molecular formula is C24H18N2O3. The van der Waals surface area contributed by atoms with Crippen LogP contribution in [0.2, 0.25) is 0 Å². The number of esters is 1. The van der Waals surface area contributed by atoms with Crippen molar-refractivity contribution in [3.63, 3.8) is 0 Å². The van der Waals surface area contributed by atoms with Gasteiger partial charge in [-0.1, -0.05) is 60.7 Å². The van der Waals surface area contributed by atoms with Gasteiger partial charge < -0.3 is 4.74 Å². The number of nitrogens with zero attached hydrogens (tertiary/aromatic N) is 2. The Morgan fingerprint density at radius 1 is 0.897 bits per heavy atom. The second-order valence-electron chi connectivity index (χ2n) is 6.42. The summed E-state index contributed by atoms with van der Waals surface area (Å²) in [7, 11) is 1.33. The first-order valence-corrected chi connectivity index (χ1v) is 9.11. The van der Waals surface area contributed by atoms with E-state index in [1.165, 1.54) is 7.11 Å². The van der Waals surface area contributed by atoms with Crippen molar-refractivity contribution >= 4 is 29.5 Å². The summed E-state index contributed by atoms with van der Waals surface area (Å²) in [5.41, 5.74) is 3.12. The summed E-state index contributed by atoms with van der Waals surface area (Å²) in [6.45, 7) is 0. The van der Waals surface area contributed by atoms with E-state index in [1.54, 1.807) is 35.2 Å². The molecule has 0 aliphatic carbocycles. The Morgan fingerprint density at radius 2 is 1.52 bits per heavy atom. The van der Waals surface area contributed by atoms with Crippen molar-refractivity contribution in [2.24, 2.45) is 4.99 Å². The van der Waals surface area contributed by atoms with Crippen LogP contribution in [0.1, 0.15) is 21.5 Å². The molecule has 0 saturated heterocycles. The number of benzene rings is 3. The van der Waals surface area contributed by atoms with E-state index >= 15 is 0 Å². The van der Waals surface area contributed by atoms with Crippen molar-refractivity contribution in [1.29, 1.82) is 0 Å². The van der Waals surface area contributed by atoms with Crippen LogP contribution in [-0.4, -0.2) is 24.8 Å². The maximum Gasteiger partial charge on any atom is 0.337 e. The third kappa shape index (κ3) is 3.71. The zero-order chi connectivity index (χ0) is 20.2. The molecule has 1 heterocycles. The quantitative estimate of drug-likeness (QED) is 0.499. The molecule has 4 rings (SSSR count). The SMILES string of the molecule is COC(=O)c1ccc(N2C(=O)/C(=C/c3ccccc3)N=C2c2ccccc2)cc1. The molecule has 0 saturated carbocycles. The maximum atomic E-state index is 13.2. The monoisotopic (exact) mass is 382 g/mol. The Labute approximate surface area is 168 Å². The van der Waals surface area contributed by atoms with Crippen LogP contribution in [0.4, 0.5) is 5.69 Å². The molecule has 0 unspecified atom stereocenters. The fourth-order valence-corrected chi connectivity index (χ4v) is 3.11. The number of hydrogen-bond donors (Lipinski definition) is 0. The van der Waals surface area contributed by atoms with Crippen molar-refractivity contribution in [3.05, 3.63) is 107 Å². The number of rotatable bonds is 4. The molecule has 1 aliphatic heterocycles. The molecule has 3 aromatic rings. The number of carbonyl (C=O) groups excluding carboxylic acids is 2. The van der Waals surface area contributed by atoms with E-state index in [1.807, 2.05) is 60.7 Å². The molecule has 142 valence electrons. The van der Waals surface area contributed by atoms with Crippen LogP contribution in [-0.2, 0) is 9.53 Å². The summed E-state index contributed by atoms with van der Waals surface area (Å²) in [6.07, 6.45) is 1.77. The predicted octanol–water partition coefficient (Wildman–Crippen LogP) is 4.31. The number of methoxy groups -OCH3 is 1. The van der Waals surface area contributed by atoms with Crippen LogP contribution in [0.5, 0.6) is 0 Å². The minimum atomic E-state index is -0.425. The lowest BCUT2D eigenvalue weighted by atomic mass is 10.1. The molecule has 5 nitrogen and oxygen atoms in total. The maximum absolute atomic E-state index is 13.2. The summed E-state index contributed by atoms with van der Waals surface area (Å²) < 4.78 is 4.74. The number of anilines is 1. The molecule has 0 N–H and O–H groups in total. The summed E-state index contributed by atoms with van der Waals surface area (Å²) in [6, 6.07) is 25.8. The molecule has 0 spiro atoms. The summed E-state index contributed by atoms with van der Waals surface area (Å²) in [5.74, 6) is -0.104. The van der Waals surface area contributed by atoms with Gasteiger partial charge in [0.2, 0.25) is 0 Å². The van der Waals surface area contributed by atoms with E-state index in [-0.39, 0.29) is 5.91 Å². The van der Waals surface area contributed by atoms with Crippen LogP contribution in [0.3, 0.4) is 0 Å². The highest BCUT2D eigenvalue weighted by Crippen LogP contribution is 2.28. The Balaban J connectivity index is 1.77. The molecule has 0 aromatic heterocycles. The molecule has 0 radical (unpaired) electrons. The number of carbonyl (C=O) groups is 2. The van der Waals surface area contributed by atoms with E-state index in [9.17, 15) is 9.59 Å². The molecule has 0 atom stereocenters. The minimum absolute atomic E-state index is 0.224. The second-order valence-corrected chi connectivity index (χ2v) is 6.42. The second kappa shape index (κ2) is 7.94. The predicted molar refractivity (Wildman–Crippen MR) is 113 cm³/mol. The normalized spacial score (nSPS) is 14.8. The van der Waals surface area contributed by atoms with Crippen LogP contribution in [0.15, 0.2) is 95.6 Å². The van der Waals surface area contributed by atoms with E-state index in [4.69, 9.17) is 4.74 Å². The van der Waals surface area contributed by atoms with Crippen molar-refractivity contribution in [2.45, 2.75) is 0 Å². The molecule has 29 heavy (non-hydrogen) atoms. The van der Waals surface area contributed by atoms with Crippen LogP contribution in [0.25, 0.3) is 6.08 Å². The van der Waals surface area contributed by atoms with Crippen molar-refractivity contribution in [1.82, 2.24) is 0 Å². The summed E-state index contributed by atoms with van der Waals surface area (Å²) in [4.78, 5) is 31.1. The molecule has 0 bridgehead atoms. The highest BCUT2D eigenvalue weighted by Gasteiger charge is 2.32. The van der Waals surface area contributed by atoms with Gasteiger partial charge in [-0.05, 0) is 35.9 Å². The number of hydrogen-bond acceptors (Lipinski definition) is 4.